The van der Waals surface area contributed by atoms with Crippen molar-refractivity contribution in [1.82, 2.24) is 0 Å². The maximum Gasteiger partial charge on any atom is 0.600 e. The van der Waals surface area contributed by atoms with Gasteiger partial charge in [0.15, 0.2) is 9.58 Å². The van der Waals surface area contributed by atoms with Gasteiger partial charge in [-0.1, -0.05) is 32.8 Å². The fourth-order valence-corrected chi connectivity index (χ4v) is 4.55. The molecule has 0 fully saturated rings. The molecule has 0 aliphatic rings. The predicted octanol–water partition coefficient (Wildman–Crippen LogP) is 3.36. The van der Waals surface area contributed by atoms with Gasteiger partial charge in [-0.3, -0.25) is 0 Å². The highest BCUT2D eigenvalue weighted by Crippen LogP contribution is 2.51. The van der Waals surface area contributed by atoms with Crippen molar-refractivity contribution in [2.45, 2.75) is 51.5 Å². The van der Waals surface area contributed by atoms with Crippen LogP contribution >= 0.6 is 10.5 Å². The second-order valence-corrected chi connectivity index (χ2v) is 7.13. The fourth-order valence-electron chi connectivity index (χ4n) is 2.49. The molecule has 1 atom stereocenters. The van der Waals surface area contributed by atoms with Gasteiger partial charge >= 0.3 is 5.51 Å². The van der Waals surface area contributed by atoms with Crippen molar-refractivity contribution in [1.29, 1.82) is 0 Å². The number of hydrogen-bond donors (Lipinski definition) is 0. The lowest BCUT2D eigenvalue weighted by molar-refractivity contribution is -0.0867. The Hall–Kier alpha value is -0.740. The van der Waals surface area contributed by atoms with Gasteiger partial charge in [0, 0.05) is 23.9 Å². The Morgan fingerprint density at radius 1 is 1.00 bits per heavy atom. The fraction of sp³-hybridized carbons (Fsp3) is 0.500. The van der Waals surface area contributed by atoms with Gasteiger partial charge in [-0.25, -0.2) is 0 Å². The van der Waals surface area contributed by atoms with E-state index in [4.69, 9.17) is 0 Å². The van der Waals surface area contributed by atoms with Gasteiger partial charge in [-0.15, -0.1) is 13.2 Å². The number of aryl methyl sites for hydroxylation is 2. The highest BCUT2D eigenvalue weighted by molar-refractivity contribution is 7.38. The van der Waals surface area contributed by atoms with Crippen LogP contribution in [0, 0.1) is 0 Å². The Morgan fingerprint density at radius 2 is 1.71 bits per heavy atom. The molecule has 1 unspecified atom stereocenters. The third-order valence-corrected chi connectivity index (χ3v) is 5.53. The van der Waals surface area contributed by atoms with Crippen LogP contribution in [0.25, 0.3) is 10.1 Å². The molecular weight excluding hydrogens is 317 g/mol. The highest BCUT2D eigenvalue weighted by Gasteiger charge is 2.47. The van der Waals surface area contributed by atoms with Crippen LogP contribution in [-0.4, -0.2) is 0 Å². The zero-order valence-electron chi connectivity index (χ0n) is 12.3. The van der Waals surface area contributed by atoms with Crippen molar-refractivity contribution >= 4 is 20.6 Å². The summed E-state index contributed by atoms with van der Waals surface area (Å²) in [5, 5.41) is 0.761. The largest absolute Gasteiger partial charge is 1.00 e. The summed E-state index contributed by atoms with van der Waals surface area (Å²) in [4.78, 5) is 0.558. The number of unbranched alkanes of at least 4 members (excludes halogenated alkanes) is 1. The molecule has 5 heteroatoms. The molecule has 0 bridgehead atoms. The minimum Gasteiger partial charge on any atom is -1.00 e. The van der Waals surface area contributed by atoms with E-state index in [9.17, 15) is 13.2 Å². The first-order valence-electron chi connectivity index (χ1n) is 7.12. The Labute approximate surface area is 132 Å². The summed E-state index contributed by atoms with van der Waals surface area (Å²) in [7, 11) is -1.71. The van der Waals surface area contributed by atoms with Crippen LogP contribution in [0.3, 0.4) is 0 Å². The maximum atomic E-state index is 13.4. The number of hydrogen-bond acceptors (Lipinski definition) is 0. The van der Waals surface area contributed by atoms with E-state index in [1.807, 2.05) is 26.0 Å². The summed E-state index contributed by atoms with van der Waals surface area (Å²) >= 11 is 0. The molecule has 0 spiro atoms. The van der Waals surface area contributed by atoms with E-state index < -0.39 is 16.0 Å². The summed E-state index contributed by atoms with van der Waals surface area (Å²) in [6.07, 6.45) is 4.09. The van der Waals surface area contributed by atoms with Crippen LogP contribution < -0.4 is 12.4 Å². The summed E-state index contributed by atoms with van der Waals surface area (Å²) in [6.45, 7) is 4.05. The van der Waals surface area contributed by atoms with Gasteiger partial charge in [0.25, 0.3) is 0 Å². The maximum absolute atomic E-state index is 13.4. The standard InChI is InChI=1S/C16H20F3S.ClH/c1-3-5-7-14-11-13-9-8-12(6-4-2)10-15(13)20(14)16(17,18)19;/h8-11H,3-7H2,1-2H3;1H/q+1;/p-1. The third kappa shape index (κ3) is 4.13. The molecule has 0 saturated carbocycles. The van der Waals surface area contributed by atoms with Gasteiger partial charge in [0.1, 0.15) is 0 Å². The number of benzene rings is 1. The Kier molecular flexibility index (Phi) is 6.54. The third-order valence-electron chi connectivity index (χ3n) is 3.42. The van der Waals surface area contributed by atoms with Crippen molar-refractivity contribution < 1.29 is 25.6 Å². The van der Waals surface area contributed by atoms with Gasteiger partial charge in [-0.05, 0) is 24.5 Å². The molecule has 1 heterocycles. The summed E-state index contributed by atoms with van der Waals surface area (Å²) in [5.74, 6) is 0. The van der Waals surface area contributed by atoms with E-state index in [1.165, 1.54) is 0 Å². The van der Waals surface area contributed by atoms with Crippen molar-refractivity contribution in [2.24, 2.45) is 0 Å². The number of alkyl halides is 3. The van der Waals surface area contributed by atoms with Gasteiger partial charge < -0.3 is 12.4 Å². The van der Waals surface area contributed by atoms with Gasteiger partial charge in [0.2, 0.25) is 0 Å². The van der Waals surface area contributed by atoms with Crippen LogP contribution in [0.5, 0.6) is 0 Å². The molecule has 0 N–H and O–H groups in total. The zero-order valence-corrected chi connectivity index (χ0v) is 13.8. The average Bonchev–Trinajstić information content (AvgIpc) is 2.74. The molecule has 0 saturated heterocycles. The second kappa shape index (κ2) is 7.50. The van der Waals surface area contributed by atoms with E-state index in [0.717, 1.165) is 36.6 Å². The van der Waals surface area contributed by atoms with Crippen LogP contribution in [0.1, 0.15) is 43.6 Å². The number of fused-ring (bicyclic) bond motifs is 1. The predicted molar refractivity (Wildman–Crippen MR) is 80.3 cm³/mol. The second-order valence-electron chi connectivity index (χ2n) is 5.09. The van der Waals surface area contributed by atoms with Crippen molar-refractivity contribution in [2.75, 3.05) is 0 Å². The first kappa shape index (κ1) is 18.3. The highest BCUT2D eigenvalue weighted by atomic mass is 35.5. The van der Waals surface area contributed by atoms with Crippen LogP contribution in [-0.2, 0) is 18.3 Å². The van der Waals surface area contributed by atoms with E-state index >= 15 is 0 Å². The first-order valence-corrected chi connectivity index (χ1v) is 8.34. The van der Waals surface area contributed by atoms with E-state index in [1.54, 1.807) is 12.1 Å². The monoisotopic (exact) mass is 336 g/mol. The molecule has 0 amide bonds. The molecule has 0 nitrogen and oxygen atoms in total. The number of rotatable bonds is 5. The SMILES string of the molecule is CCCCc1cc2ccc(CCC)cc2[s+]1C(F)(F)F.[Cl-]. The molecular formula is C16H20ClF3S. The molecule has 0 aliphatic heterocycles. The number of thiophene rings is 1. The molecule has 21 heavy (non-hydrogen) atoms. The summed E-state index contributed by atoms with van der Waals surface area (Å²) in [6, 6.07) is 7.34. The lowest BCUT2D eigenvalue weighted by Gasteiger charge is -2.01. The van der Waals surface area contributed by atoms with Crippen LogP contribution in [0.15, 0.2) is 24.3 Å². The van der Waals surface area contributed by atoms with Crippen LogP contribution in [0.4, 0.5) is 13.2 Å². The van der Waals surface area contributed by atoms with Crippen molar-refractivity contribution in [3.63, 3.8) is 0 Å². The van der Waals surface area contributed by atoms with E-state index in [2.05, 4.69) is 0 Å². The first-order chi connectivity index (χ1) is 9.47. The molecule has 2 rings (SSSR count). The smallest absolute Gasteiger partial charge is 0.600 e. The minimum atomic E-state index is -4.16. The Balaban J connectivity index is 0.00000220. The molecule has 0 radical (unpaired) electrons. The lowest BCUT2D eigenvalue weighted by atomic mass is 10.1. The van der Waals surface area contributed by atoms with Crippen molar-refractivity contribution in [3.8, 4) is 0 Å². The topological polar surface area (TPSA) is 0 Å². The Morgan fingerprint density at radius 3 is 2.29 bits per heavy atom. The van der Waals surface area contributed by atoms with E-state index in [0.29, 0.717) is 16.0 Å². The lowest BCUT2D eigenvalue weighted by Crippen LogP contribution is -3.00. The molecule has 0 aliphatic carbocycles. The molecule has 2 aromatic rings. The normalized spacial score (nSPS) is 12.5. The van der Waals surface area contributed by atoms with Crippen LogP contribution in [0.2, 0.25) is 0 Å². The summed E-state index contributed by atoms with van der Waals surface area (Å²) in [5.41, 5.74) is -3.14. The molecule has 118 valence electrons. The van der Waals surface area contributed by atoms with E-state index in [-0.39, 0.29) is 12.4 Å². The van der Waals surface area contributed by atoms with Gasteiger partial charge in [-0.2, -0.15) is 0 Å². The average molecular weight is 337 g/mol. The Bertz CT molecular complexity index is 587. The molecule has 1 aromatic heterocycles. The number of halogens is 4. The zero-order chi connectivity index (χ0) is 14.8. The van der Waals surface area contributed by atoms with Gasteiger partial charge in [0.05, 0.1) is 10.5 Å². The van der Waals surface area contributed by atoms with Crippen molar-refractivity contribution in [3.05, 3.63) is 34.7 Å². The summed E-state index contributed by atoms with van der Waals surface area (Å²) < 4.78 is 40.7. The quantitative estimate of drug-likeness (QED) is 0.734. The minimum absolute atomic E-state index is 0. The molecule has 1 aromatic carbocycles.